The van der Waals surface area contributed by atoms with Crippen LogP contribution in [0.25, 0.3) is 0 Å². The highest BCUT2D eigenvalue weighted by Crippen LogP contribution is 2.31. The minimum Gasteiger partial charge on any atom is -0.452 e. The van der Waals surface area contributed by atoms with Crippen LogP contribution in [0, 0.1) is 0 Å². The van der Waals surface area contributed by atoms with E-state index in [0.29, 0.717) is 5.56 Å². The van der Waals surface area contributed by atoms with Crippen LogP contribution in [0.15, 0.2) is 18.2 Å². The van der Waals surface area contributed by atoms with E-state index in [1.54, 1.807) is 4.90 Å². The summed E-state index contributed by atoms with van der Waals surface area (Å²) >= 11 is 0. The number of piperidine rings is 1. The Kier molecular flexibility index (Phi) is 6.12. The summed E-state index contributed by atoms with van der Waals surface area (Å²) in [5.74, 6) is -1.49. The second-order valence-corrected chi connectivity index (χ2v) is 9.04. The molecule has 0 aromatic heterocycles. The minimum absolute atomic E-state index is 0.0669. The number of benzene rings is 1. The molecule has 166 valence electrons. The number of carbonyl (C=O) groups is 4. The van der Waals surface area contributed by atoms with Gasteiger partial charge in [0, 0.05) is 18.1 Å². The summed E-state index contributed by atoms with van der Waals surface area (Å²) in [6, 6.07) is 4.63. The number of nitrogens with zero attached hydrogens (tertiary/aromatic N) is 2. The lowest BCUT2D eigenvalue weighted by atomic mass is 9.94. The van der Waals surface area contributed by atoms with Crippen LogP contribution in [0.2, 0.25) is 0 Å². The number of likely N-dealkylation sites (tertiary alicyclic amines) is 1. The quantitative estimate of drug-likeness (QED) is 0.543. The first kappa shape index (κ1) is 21.5. The van der Waals surface area contributed by atoms with Crippen molar-refractivity contribution < 1.29 is 23.9 Å². The largest absolute Gasteiger partial charge is 0.452 e. The molecule has 0 N–H and O–H groups in total. The zero-order valence-electron chi connectivity index (χ0n) is 18.3. The van der Waals surface area contributed by atoms with Crippen LogP contribution in [0.5, 0.6) is 0 Å². The maximum absolute atomic E-state index is 12.9. The molecular weight excluding hydrogens is 396 g/mol. The molecule has 2 aliphatic heterocycles. The van der Waals surface area contributed by atoms with Gasteiger partial charge in [-0.1, -0.05) is 19.3 Å². The molecule has 0 spiro atoms. The van der Waals surface area contributed by atoms with Gasteiger partial charge in [-0.05, 0) is 64.2 Å². The lowest BCUT2D eigenvalue weighted by molar-refractivity contribution is -0.140. The maximum atomic E-state index is 12.9. The predicted molar refractivity (Wildman–Crippen MR) is 114 cm³/mol. The number of fused-ring (bicyclic) bond motifs is 1. The van der Waals surface area contributed by atoms with Crippen molar-refractivity contribution in [3.8, 4) is 0 Å². The second kappa shape index (κ2) is 8.81. The van der Waals surface area contributed by atoms with E-state index >= 15 is 0 Å². The van der Waals surface area contributed by atoms with E-state index in [9.17, 15) is 19.2 Å². The fourth-order valence-corrected chi connectivity index (χ4v) is 5.26. The number of hydrogen-bond acceptors (Lipinski definition) is 5. The number of hydrogen-bond donors (Lipinski definition) is 0. The predicted octanol–water partition coefficient (Wildman–Crippen LogP) is 3.56. The van der Waals surface area contributed by atoms with E-state index in [1.807, 2.05) is 13.8 Å². The van der Waals surface area contributed by atoms with Gasteiger partial charge in [0.05, 0.1) is 16.7 Å². The first-order valence-electron chi connectivity index (χ1n) is 11.4. The molecule has 31 heavy (non-hydrogen) atoms. The molecule has 7 nitrogen and oxygen atoms in total. The number of rotatable bonds is 4. The van der Waals surface area contributed by atoms with Gasteiger partial charge in [0.1, 0.15) is 0 Å². The van der Waals surface area contributed by atoms with Gasteiger partial charge in [0.2, 0.25) is 0 Å². The average Bonchev–Trinajstić information content (AvgIpc) is 3.02. The third kappa shape index (κ3) is 4.10. The van der Waals surface area contributed by atoms with Crippen LogP contribution in [-0.4, -0.2) is 58.2 Å². The molecule has 1 saturated heterocycles. The zero-order chi connectivity index (χ0) is 22.1. The maximum Gasteiger partial charge on any atom is 0.338 e. The van der Waals surface area contributed by atoms with Crippen LogP contribution in [-0.2, 0) is 9.53 Å². The van der Waals surface area contributed by atoms with Crippen molar-refractivity contribution in [3.05, 3.63) is 34.9 Å². The smallest absolute Gasteiger partial charge is 0.338 e. The Balaban J connectivity index is 1.43. The lowest BCUT2D eigenvalue weighted by Crippen LogP contribution is -2.49. The number of carbonyl (C=O) groups excluding carboxylic acids is 4. The summed E-state index contributed by atoms with van der Waals surface area (Å²) in [7, 11) is 0. The van der Waals surface area contributed by atoms with Crippen LogP contribution >= 0.6 is 0 Å². The zero-order valence-corrected chi connectivity index (χ0v) is 18.3. The van der Waals surface area contributed by atoms with E-state index in [0.717, 1.165) is 51.4 Å². The van der Waals surface area contributed by atoms with E-state index in [-0.39, 0.29) is 53.6 Å². The molecule has 1 aromatic carbocycles. The van der Waals surface area contributed by atoms with E-state index in [2.05, 4.69) is 0 Å². The molecule has 1 aromatic rings. The molecule has 4 rings (SSSR count). The molecule has 7 heteroatoms. The first-order valence-corrected chi connectivity index (χ1v) is 11.4. The summed E-state index contributed by atoms with van der Waals surface area (Å²) in [6.07, 6.45) is 7.79. The monoisotopic (exact) mass is 426 g/mol. The third-order valence-electron chi connectivity index (χ3n) is 6.90. The highest BCUT2D eigenvalue weighted by atomic mass is 16.5. The van der Waals surface area contributed by atoms with Gasteiger partial charge in [-0.2, -0.15) is 0 Å². The second-order valence-electron chi connectivity index (χ2n) is 9.04. The average molecular weight is 427 g/mol. The van der Waals surface area contributed by atoms with Gasteiger partial charge in [-0.3, -0.25) is 19.3 Å². The summed E-state index contributed by atoms with van der Waals surface area (Å²) in [4.78, 5) is 54.0. The molecule has 1 saturated carbocycles. The van der Waals surface area contributed by atoms with Crippen LogP contribution < -0.4 is 0 Å². The van der Waals surface area contributed by atoms with Crippen LogP contribution in [0.4, 0.5) is 0 Å². The van der Waals surface area contributed by atoms with Gasteiger partial charge in [-0.15, -0.1) is 0 Å². The van der Waals surface area contributed by atoms with Gasteiger partial charge in [0.25, 0.3) is 17.7 Å². The van der Waals surface area contributed by atoms with Gasteiger partial charge < -0.3 is 9.64 Å². The number of amides is 3. The molecule has 1 aliphatic carbocycles. The van der Waals surface area contributed by atoms with Gasteiger partial charge >= 0.3 is 5.97 Å². The first-order chi connectivity index (χ1) is 14.9. The molecule has 2 unspecified atom stereocenters. The molecule has 3 aliphatic rings. The van der Waals surface area contributed by atoms with Crippen molar-refractivity contribution >= 4 is 23.7 Å². The van der Waals surface area contributed by atoms with Gasteiger partial charge in [-0.25, -0.2) is 4.79 Å². The van der Waals surface area contributed by atoms with E-state index in [1.165, 1.54) is 23.1 Å². The molecule has 2 atom stereocenters. The minimum atomic E-state index is -0.662. The van der Waals surface area contributed by atoms with Crippen molar-refractivity contribution in [3.63, 3.8) is 0 Å². The topological polar surface area (TPSA) is 84.0 Å². The lowest BCUT2D eigenvalue weighted by Gasteiger charge is -2.38. The Hall–Kier alpha value is -2.70. The van der Waals surface area contributed by atoms with Crippen molar-refractivity contribution in [1.82, 2.24) is 9.80 Å². The fourth-order valence-electron chi connectivity index (χ4n) is 5.26. The highest BCUT2D eigenvalue weighted by molar-refractivity contribution is 6.22. The Morgan fingerprint density at radius 1 is 0.903 bits per heavy atom. The Labute approximate surface area is 182 Å². The Morgan fingerprint density at radius 2 is 1.55 bits per heavy atom. The third-order valence-corrected chi connectivity index (χ3v) is 6.90. The number of esters is 1. The molecule has 2 fully saturated rings. The number of ether oxygens (including phenoxy) is 1. The molecule has 0 bridgehead atoms. The standard InChI is InChI=1S/C24H30N2O5/c1-15-7-6-8-16(2)25(15)21(27)14-31-24(30)17-11-12-19-20(13-17)23(29)26(22(19)28)18-9-4-3-5-10-18/h11-13,15-16,18H,3-10,14H2,1-2H3. The molecular formula is C24H30N2O5. The summed E-state index contributed by atoms with van der Waals surface area (Å²) in [5, 5.41) is 0. The summed E-state index contributed by atoms with van der Waals surface area (Å²) in [5.41, 5.74) is 0.756. The summed E-state index contributed by atoms with van der Waals surface area (Å²) < 4.78 is 5.26. The van der Waals surface area contributed by atoms with Crippen LogP contribution in [0.1, 0.15) is 96.3 Å². The van der Waals surface area contributed by atoms with E-state index < -0.39 is 5.97 Å². The number of imide groups is 1. The fraction of sp³-hybridized carbons (Fsp3) is 0.583. The van der Waals surface area contributed by atoms with Crippen molar-refractivity contribution in [2.24, 2.45) is 0 Å². The van der Waals surface area contributed by atoms with Crippen molar-refractivity contribution in [1.29, 1.82) is 0 Å². The van der Waals surface area contributed by atoms with Gasteiger partial charge in [0.15, 0.2) is 6.61 Å². The van der Waals surface area contributed by atoms with Crippen molar-refractivity contribution in [2.75, 3.05) is 6.61 Å². The summed E-state index contributed by atoms with van der Waals surface area (Å²) in [6.45, 7) is 3.69. The molecule has 2 heterocycles. The normalized spacial score (nSPS) is 24.3. The Morgan fingerprint density at radius 3 is 2.23 bits per heavy atom. The Bertz CT molecular complexity index is 895. The van der Waals surface area contributed by atoms with Crippen LogP contribution in [0.3, 0.4) is 0 Å². The highest BCUT2D eigenvalue weighted by Gasteiger charge is 2.40. The molecule has 0 radical (unpaired) electrons. The SMILES string of the molecule is CC1CCCC(C)N1C(=O)COC(=O)c1ccc2c(c1)C(=O)N(C1CCCCC1)C2=O. The van der Waals surface area contributed by atoms with Crippen molar-refractivity contribution in [2.45, 2.75) is 83.3 Å². The molecule has 3 amide bonds. The van der Waals surface area contributed by atoms with E-state index in [4.69, 9.17) is 4.74 Å².